The van der Waals surface area contributed by atoms with Crippen molar-refractivity contribution in [1.82, 2.24) is 19.4 Å². The second kappa shape index (κ2) is 8.93. The molecule has 204 valence electrons. The monoisotopic (exact) mass is 578 g/mol. The molecular formula is C39H22N4S. The lowest BCUT2D eigenvalue weighted by Crippen LogP contribution is -1.95. The van der Waals surface area contributed by atoms with Crippen molar-refractivity contribution in [2.45, 2.75) is 0 Å². The van der Waals surface area contributed by atoms with Crippen molar-refractivity contribution in [3.05, 3.63) is 133 Å². The highest BCUT2D eigenvalue weighted by Crippen LogP contribution is 2.46. The highest BCUT2D eigenvalue weighted by molar-refractivity contribution is 7.22. The van der Waals surface area contributed by atoms with Crippen molar-refractivity contribution < 1.29 is 0 Å². The molecule has 0 bridgehead atoms. The minimum Gasteiger partial charge on any atom is -0.308 e. The number of nitrogens with zero attached hydrogens (tertiary/aromatic N) is 4. The third-order valence-electron chi connectivity index (χ3n) is 8.75. The van der Waals surface area contributed by atoms with Crippen molar-refractivity contribution in [2.24, 2.45) is 0 Å². The van der Waals surface area contributed by atoms with E-state index in [1.165, 1.54) is 42.8 Å². The molecule has 0 spiro atoms. The molecule has 0 unspecified atom stereocenters. The predicted octanol–water partition coefficient (Wildman–Crippen LogP) is 10.4. The molecule has 0 fully saturated rings. The zero-order chi connectivity index (χ0) is 28.8. The van der Waals surface area contributed by atoms with Gasteiger partial charge in [-0.05, 0) is 36.4 Å². The molecule has 5 heteroatoms. The number of hydrogen-bond acceptors (Lipinski definition) is 4. The molecule has 0 N–H and O–H groups in total. The minimum atomic E-state index is 0.726. The van der Waals surface area contributed by atoms with Crippen LogP contribution in [0.5, 0.6) is 0 Å². The Kier molecular flexibility index (Phi) is 4.84. The van der Waals surface area contributed by atoms with Gasteiger partial charge in [-0.2, -0.15) is 0 Å². The number of para-hydroxylation sites is 2. The maximum atomic E-state index is 5.17. The number of aromatic nitrogens is 4. The number of thiazole rings is 1. The molecule has 0 aliphatic carbocycles. The van der Waals surface area contributed by atoms with Gasteiger partial charge in [-0.1, -0.05) is 97.1 Å². The largest absolute Gasteiger partial charge is 0.308 e. The first-order valence-corrected chi connectivity index (χ1v) is 15.5. The fourth-order valence-electron chi connectivity index (χ4n) is 6.81. The Morgan fingerprint density at radius 1 is 0.477 bits per heavy atom. The third-order valence-corrected chi connectivity index (χ3v) is 9.89. The van der Waals surface area contributed by atoms with E-state index in [9.17, 15) is 0 Å². The first-order valence-electron chi connectivity index (χ1n) is 14.7. The molecule has 0 atom stereocenters. The SMILES string of the molecule is c1ccc(-c2nc3cc4c5cc(-c6nc(-c7ccccc7)c7ccccc7n6)ccc5n5c6ccccc6c(c3s2)c45)cc1. The summed E-state index contributed by atoms with van der Waals surface area (Å²) >= 11 is 1.78. The Hall–Kier alpha value is -5.65. The quantitative estimate of drug-likeness (QED) is 0.209. The van der Waals surface area contributed by atoms with Gasteiger partial charge >= 0.3 is 0 Å². The van der Waals surface area contributed by atoms with Crippen molar-refractivity contribution >= 4 is 70.6 Å². The Labute approximate surface area is 255 Å². The summed E-state index contributed by atoms with van der Waals surface area (Å²) in [5.41, 5.74) is 9.79. The summed E-state index contributed by atoms with van der Waals surface area (Å²) in [6.07, 6.45) is 0. The molecule has 6 aromatic carbocycles. The van der Waals surface area contributed by atoms with Gasteiger partial charge in [0.2, 0.25) is 0 Å². The molecule has 0 saturated heterocycles. The zero-order valence-electron chi connectivity index (χ0n) is 23.4. The average Bonchev–Trinajstić information content (AvgIpc) is 3.77. The molecular weight excluding hydrogens is 557 g/mol. The van der Waals surface area contributed by atoms with Crippen molar-refractivity contribution in [1.29, 1.82) is 0 Å². The Morgan fingerprint density at radius 2 is 1.18 bits per heavy atom. The average molecular weight is 579 g/mol. The standard InChI is InChI=1S/C39H22N4S/c1-3-11-23(12-4-1)35-26-15-7-9-17-30(26)40-38(42-35)25-19-20-33-28(21-25)29-22-31-37(44-39(41-31)24-13-5-2-6-14-24)34-27-16-8-10-18-32(27)43(33)36(29)34/h1-22H. The molecule has 4 aromatic heterocycles. The minimum absolute atomic E-state index is 0.726. The van der Waals surface area contributed by atoms with Crippen LogP contribution in [-0.4, -0.2) is 19.4 Å². The van der Waals surface area contributed by atoms with E-state index in [2.05, 4.69) is 126 Å². The van der Waals surface area contributed by atoms with Crippen LogP contribution >= 0.6 is 11.3 Å². The van der Waals surface area contributed by atoms with Gasteiger partial charge in [-0.3, -0.25) is 0 Å². The molecule has 44 heavy (non-hydrogen) atoms. The van der Waals surface area contributed by atoms with Crippen LogP contribution in [0, 0.1) is 0 Å². The van der Waals surface area contributed by atoms with Gasteiger partial charge in [0.15, 0.2) is 5.82 Å². The molecule has 0 amide bonds. The van der Waals surface area contributed by atoms with E-state index in [-0.39, 0.29) is 0 Å². The lowest BCUT2D eigenvalue weighted by Gasteiger charge is -2.09. The fourth-order valence-corrected chi connectivity index (χ4v) is 7.92. The van der Waals surface area contributed by atoms with Crippen LogP contribution in [0.4, 0.5) is 0 Å². The van der Waals surface area contributed by atoms with Crippen molar-refractivity contribution in [2.75, 3.05) is 0 Å². The van der Waals surface area contributed by atoms with E-state index in [0.29, 0.717) is 0 Å². The number of rotatable bonds is 3. The van der Waals surface area contributed by atoms with Crippen LogP contribution in [0.15, 0.2) is 133 Å². The lowest BCUT2D eigenvalue weighted by molar-refractivity contribution is 1.23. The smallest absolute Gasteiger partial charge is 0.160 e. The van der Waals surface area contributed by atoms with Crippen LogP contribution in [0.2, 0.25) is 0 Å². The molecule has 4 heterocycles. The summed E-state index contributed by atoms with van der Waals surface area (Å²) in [5, 5.41) is 7.02. The molecule has 0 aliphatic rings. The van der Waals surface area contributed by atoms with E-state index >= 15 is 0 Å². The Balaban J connectivity index is 1.28. The van der Waals surface area contributed by atoms with E-state index in [4.69, 9.17) is 15.0 Å². The van der Waals surface area contributed by atoms with Gasteiger partial charge < -0.3 is 4.40 Å². The molecule has 0 saturated carbocycles. The number of benzene rings is 6. The van der Waals surface area contributed by atoms with Crippen LogP contribution in [0.1, 0.15) is 0 Å². The van der Waals surface area contributed by atoms with Crippen molar-refractivity contribution in [3.8, 4) is 33.2 Å². The van der Waals surface area contributed by atoms with E-state index in [1.54, 1.807) is 11.3 Å². The van der Waals surface area contributed by atoms with Gasteiger partial charge in [-0.15, -0.1) is 11.3 Å². The van der Waals surface area contributed by atoms with Crippen LogP contribution in [0.3, 0.4) is 0 Å². The molecule has 4 nitrogen and oxygen atoms in total. The van der Waals surface area contributed by atoms with E-state index in [1.807, 2.05) is 12.1 Å². The van der Waals surface area contributed by atoms with E-state index in [0.717, 1.165) is 49.6 Å². The molecule has 0 aliphatic heterocycles. The summed E-state index contributed by atoms with van der Waals surface area (Å²) < 4.78 is 3.66. The van der Waals surface area contributed by atoms with Crippen LogP contribution in [-0.2, 0) is 0 Å². The first kappa shape index (κ1) is 23.9. The summed E-state index contributed by atoms with van der Waals surface area (Å²) in [6.45, 7) is 0. The van der Waals surface area contributed by atoms with Crippen LogP contribution in [0.25, 0.3) is 92.4 Å². The topological polar surface area (TPSA) is 43.1 Å². The maximum absolute atomic E-state index is 5.17. The van der Waals surface area contributed by atoms with Gasteiger partial charge in [0.25, 0.3) is 0 Å². The van der Waals surface area contributed by atoms with Gasteiger partial charge in [0, 0.05) is 43.6 Å². The maximum Gasteiger partial charge on any atom is 0.160 e. The second-order valence-corrected chi connectivity index (χ2v) is 12.2. The highest BCUT2D eigenvalue weighted by atomic mass is 32.1. The predicted molar refractivity (Wildman–Crippen MR) is 184 cm³/mol. The zero-order valence-corrected chi connectivity index (χ0v) is 24.2. The summed E-state index contributed by atoms with van der Waals surface area (Å²) in [4.78, 5) is 15.4. The highest BCUT2D eigenvalue weighted by Gasteiger charge is 2.23. The van der Waals surface area contributed by atoms with E-state index < -0.39 is 0 Å². The fraction of sp³-hybridized carbons (Fsp3) is 0. The molecule has 10 rings (SSSR count). The lowest BCUT2D eigenvalue weighted by atomic mass is 10.0. The van der Waals surface area contributed by atoms with Gasteiger partial charge in [0.05, 0.1) is 38.0 Å². The number of fused-ring (bicyclic) bond motifs is 9. The summed E-state index contributed by atoms with van der Waals surface area (Å²) in [5.74, 6) is 0.726. The Bertz CT molecular complexity index is 2710. The van der Waals surface area contributed by atoms with Gasteiger partial charge in [-0.25, -0.2) is 15.0 Å². The summed E-state index contributed by atoms with van der Waals surface area (Å²) in [6, 6.07) is 46.8. The summed E-state index contributed by atoms with van der Waals surface area (Å²) in [7, 11) is 0. The normalized spacial score (nSPS) is 12.1. The van der Waals surface area contributed by atoms with Crippen molar-refractivity contribution in [3.63, 3.8) is 0 Å². The molecule has 0 radical (unpaired) electrons. The first-order chi connectivity index (χ1) is 21.8. The van der Waals surface area contributed by atoms with Gasteiger partial charge in [0.1, 0.15) is 5.01 Å². The van der Waals surface area contributed by atoms with Crippen LogP contribution < -0.4 is 0 Å². The third kappa shape index (κ3) is 3.30. The number of hydrogen-bond donors (Lipinski definition) is 0. The second-order valence-electron chi connectivity index (χ2n) is 11.2. The Morgan fingerprint density at radius 3 is 2.02 bits per heavy atom. The molecule has 10 aromatic rings.